The highest BCUT2D eigenvalue weighted by molar-refractivity contribution is 7.89. The van der Waals surface area contributed by atoms with Crippen LogP contribution in [0.3, 0.4) is 0 Å². The highest BCUT2D eigenvalue weighted by Crippen LogP contribution is 2.40. The minimum Gasteiger partial charge on any atom is -0.447 e. The average molecular weight is 539 g/mol. The number of benzene rings is 1. The first-order chi connectivity index (χ1) is 17.1. The number of hydrogen-bond acceptors (Lipinski definition) is 8. The third kappa shape index (κ3) is 7.41. The number of amides is 1. The Morgan fingerprint density at radius 3 is 2.61 bits per heavy atom. The average Bonchev–Trinajstić information content (AvgIpc) is 3.32. The maximum atomic E-state index is 13.1. The third-order valence-electron chi connectivity index (χ3n) is 6.19. The summed E-state index contributed by atoms with van der Waals surface area (Å²) in [5.41, 5.74) is 1.45. The van der Waals surface area contributed by atoms with Gasteiger partial charge in [-0.1, -0.05) is 13.0 Å². The van der Waals surface area contributed by atoms with Crippen molar-refractivity contribution in [3.8, 4) is 10.4 Å². The van der Waals surface area contributed by atoms with E-state index in [1.165, 1.54) is 0 Å². The number of anilines is 1. The fourth-order valence-corrected chi connectivity index (χ4v) is 6.77. The molecule has 2 aromatic rings. The lowest BCUT2D eigenvalue weighted by molar-refractivity contribution is 0.109. The van der Waals surface area contributed by atoms with Crippen LogP contribution in [0.1, 0.15) is 57.4 Å². The zero-order chi connectivity index (χ0) is 26.3. The Labute approximate surface area is 218 Å². The first-order valence-electron chi connectivity index (χ1n) is 12.4. The maximum Gasteiger partial charge on any atom is 0.407 e. The summed E-state index contributed by atoms with van der Waals surface area (Å²) < 4.78 is 39.2. The Balaban J connectivity index is 1.78. The second kappa shape index (κ2) is 12.8. The number of likely N-dealkylation sites (N-methyl/N-ethyl adjacent to an activating group) is 1. The Morgan fingerprint density at radius 1 is 1.25 bits per heavy atom. The van der Waals surface area contributed by atoms with E-state index >= 15 is 0 Å². The van der Waals surface area contributed by atoms with Crippen LogP contribution in [0, 0.1) is 0 Å². The molecule has 1 fully saturated rings. The van der Waals surface area contributed by atoms with Gasteiger partial charge in [-0.05, 0) is 51.7 Å². The lowest BCUT2D eigenvalue weighted by atomic mass is 9.86. The first kappa shape index (κ1) is 28.4. The topological polar surface area (TPSA) is 110 Å². The van der Waals surface area contributed by atoms with Crippen LogP contribution in [0.2, 0.25) is 0 Å². The number of hydrogen-bond donors (Lipinski definition) is 2. The number of carbonyl (C=O) groups excluding carboxylic acids is 1. The van der Waals surface area contributed by atoms with E-state index in [1.54, 1.807) is 37.6 Å². The van der Waals surface area contributed by atoms with Crippen LogP contribution in [0.5, 0.6) is 0 Å². The number of thiazole rings is 1. The maximum absolute atomic E-state index is 13.1. The van der Waals surface area contributed by atoms with Gasteiger partial charge in [0.15, 0.2) is 0 Å². The molecule has 11 heteroatoms. The molecule has 0 saturated heterocycles. The van der Waals surface area contributed by atoms with Crippen LogP contribution in [0.4, 0.5) is 10.5 Å². The fourth-order valence-electron chi connectivity index (χ4n) is 4.30. The van der Waals surface area contributed by atoms with Gasteiger partial charge in [-0.25, -0.2) is 22.9 Å². The van der Waals surface area contributed by atoms with E-state index in [0.717, 1.165) is 41.3 Å². The molecule has 0 aliphatic heterocycles. The molecule has 0 spiro atoms. The summed E-state index contributed by atoms with van der Waals surface area (Å²) >= 11 is 1.54. The number of nitrogens with one attached hydrogen (secondary N) is 2. The van der Waals surface area contributed by atoms with E-state index < -0.39 is 10.0 Å². The molecule has 0 atom stereocenters. The molecule has 200 valence electrons. The molecule has 3 rings (SSSR count). The van der Waals surface area contributed by atoms with Gasteiger partial charge in [-0.3, -0.25) is 0 Å². The second-order valence-electron chi connectivity index (χ2n) is 9.31. The van der Waals surface area contributed by atoms with Crippen LogP contribution in [-0.4, -0.2) is 65.5 Å². The van der Waals surface area contributed by atoms with Gasteiger partial charge in [0.1, 0.15) is 0 Å². The van der Waals surface area contributed by atoms with Gasteiger partial charge in [0, 0.05) is 56.7 Å². The summed E-state index contributed by atoms with van der Waals surface area (Å²) in [5, 5.41) is 3.95. The van der Waals surface area contributed by atoms with Gasteiger partial charge in [0.05, 0.1) is 27.5 Å². The van der Waals surface area contributed by atoms with Crippen molar-refractivity contribution in [3.05, 3.63) is 29.4 Å². The molecule has 9 nitrogen and oxygen atoms in total. The number of alkyl carbamates (subject to hydrolysis) is 1. The Bertz CT molecular complexity index is 1110. The van der Waals surface area contributed by atoms with Crippen molar-refractivity contribution in [1.82, 2.24) is 15.0 Å². The second-order valence-corrected chi connectivity index (χ2v) is 12.1. The van der Waals surface area contributed by atoms with Gasteiger partial charge in [-0.2, -0.15) is 0 Å². The van der Waals surface area contributed by atoms with Crippen LogP contribution in [-0.2, 0) is 19.5 Å². The molecule has 1 saturated carbocycles. The summed E-state index contributed by atoms with van der Waals surface area (Å²) in [6, 6.07) is 5.62. The summed E-state index contributed by atoms with van der Waals surface area (Å²) in [4.78, 5) is 19.6. The zero-order valence-corrected chi connectivity index (χ0v) is 23.4. The predicted octanol–water partition coefficient (Wildman–Crippen LogP) is 4.35. The molecule has 1 amide bonds. The molecule has 1 heterocycles. The quantitative estimate of drug-likeness (QED) is 0.438. The molecule has 36 heavy (non-hydrogen) atoms. The molecule has 1 aliphatic rings. The van der Waals surface area contributed by atoms with E-state index in [-0.39, 0.29) is 29.1 Å². The van der Waals surface area contributed by atoms with Crippen molar-refractivity contribution in [2.24, 2.45) is 0 Å². The predicted molar refractivity (Wildman–Crippen MR) is 143 cm³/mol. The SMILES string of the molecule is CCNS(=O)(=O)c1cc(N(C)CCOC)ccc1-c1cnc([C@H]2CC[C@H](NC(=O)OC(C)C)CC2)s1. The zero-order valence-electron chi connectivity index (χ0n) is 21.7. The normalized spacial score (nSPS) is 18.3. The Morgan fingerprint density at radius 2 is 1.97 bits per heavy atom. The van der Waals surface area contributed by atoms with Crippen molar-refractivity contribution in [3.63, 3.8) is 0 Å². The Hall–Kier alpha value is -2.21. The highest BCUT2D eigenvalue weighted by Gasteiger charge is 2.27. The summed E-state index contributed by atoms with van der Waals surface area (Å²) in [7, 11) is -0.135. The van der Waals surface area contributed by atoms with E-state index in [9.17, 15) is 13.2 Å². The fraction of sp³-hybridized carbons (Fsp3) is 0.600. The van der Waals surface area contributed by atoms with Crippen LogP contribution < -0.4 is 14.9 Å². The first-order valence-corrected chi connectivity index (χ1v) is 14.7. The molecule has 2 N–H and O–H groups in total. The summed E-state index contributed by atoms with van der Waals surface area (Å²) in [5.74, 6) is 0.288. The van der Waals surface area contributed by atoms with Gasteiger partial charge in [-0.15, -0.1) is 11.3 Å². The smallest absolute Gasteiger partial charge is 0.407 e. The van der Waals surface area contributed by atoms with Crippen molar-refractivity contribution >= 4 is 33.1 Å². The summed E-state index contributed by atoms with van der Waals surface area (Å²) in [6.07, 6.45) is 4.80. The Kier molecular flexibility index (Phi) is 10.1. The van der Waals surface area contributed by atoms with Gasteiger partial charge in [0.25, 0.3) is 0 Å². The largest absolute Gasteiger partial charge is 0.447 e. The van der Waals surface area contributed by atoms with Crippen molar-refractivity contribution in [2.75, 3.05) is 38.8 Å². The number of ether oxygens (including phenoxy) is 2. The van der Waals surface area contributed by atoms with Gasteiger partial charge in [0.2, 0.25) is 10.0 Å². The van der Waals surface area contributed by atoms with Crippen molar-refractivity contribution in [1.29, 1.82) is 0 Å². The molecule has 0 radical (unpaired) electrons. The van der Waals surface area contributed by atoms with Crippen LogP contribution in [0.15, 0.2) is 29.3 Å². The lowest BCUT2D eigenvalue weighted by Gasteiger charge is -2.28. The minimum absolute atomic E-state index is 0.103. The van der Waals surface area contributed by atoms with Crippen LogP contribution in [0.25, 0.3) is 10.4 Å². The molecular formula is C25H38N4O5S2. The van der Waals surface area contributed by atoms with Crippen molar-refractivity contribution < 1.29 is 22.7 Å². The number of methoxy groups -OCH3 is 1. The number of sulfonamides is 1. The molecule has 1 aromatic carbocycles. The number of nitrogens with zero attached hydrogens (tertiary/aromatic N) is 2. The number of carbonyl (C=O) groups is 1. The van der Waals surface area contributed by atoms with E-state index in [0.29, 0.717) is 25.3 Å². The summed E-state index contributed by atoms with van der Waals surface area (Å²) in [6.45, 7) is 6.93. The van der Waals surface area contributed by atoms with Gasteiger partial charge >= 0.3 is 6.09 Å². The third-order valence-corrected chi connectivity index (χ3v) is 8.97. The number of rotatable bonds is 11. The standard InChI is InChI=1S/C25H38N4O5S2/c1-6-27-36(31,32)23-15-20(29(4)13-14-33-5)11-12-21(23)22-16-26-24(35-22)18-7-9-19(10-8-18)28-25(30)34-17(2)3/h11-12,15-19,27H,6-10,13-14H2,1-5H3,(H,28,30)/t18-,19-. The molecular weight excluding hydrogens is 500 g/mol. The molecule has 0 unspecified atom stereocenters. The van der Waals surface area contributed by atoms with E-state index in [1.807, 2.05) is 37.9 Å². The molecule has 1 aromatic heterocycles. The van der Waals surface area contributed by atoms with Crippen molar-refractivity contribution in [2.45, 2.75) is 69.4 Å². The monoisotopic (exact) mass is 538 g/mol. The number of aromatic nitrogens is 1. The minimum atomic E-state index is -3.69. The molecule has 1 aliphatic carbocycles. The van der Waals surface area contributed by atoms with Crippen LogP contribution >= 0.6 is 11.3 Å². The highest BCUT2D eigenvalue weighted by atomic mass is 32.2. The van der Waals surface area contributed by atoms with E-state index in [2.05, 4.69) is 15.0 Å². The van der Waals surface area contributed by atoms with Gasteiger partial charge < -0.3 is 19.7 Å². The lowest BCUT2D eigenvalue weighted by Crippen LogP contribution is -2.38. The molecule has 0 bridgehead atoms. The van der Waals surface area contributed by atoms with E-state index in [4.69, 9.17) is 9.47 Å².